The third kappa shape index (κ3) is 3.54. The molecule has 1 unspecified atom stereocenters. The van der Waals surface area contributed by atoms with Crippen molar-refractivity contribution in [2.24, 2.45) is 0 Å². The van der Waals surface area contributed by atoms with Crippen molar-refractivity contribution in [2.45, 2.75) is 64.5 Å². The van der Waals surface area contributed by atoms with Gasteiger partial charge in [-0.05, 0) is 39.2 Å². The fraction of sp³-hybridized carbons (Fsp3) is 1.00. The van der Waals surface area contributed by atoms with E-state index in [0.717, 1.165) is 17.4 Å². The lowest BCUT2D eigenvalue weighted by atomic mass is 9.90. The van der Waals surface area contributed by atoms with Crippen molar-refractivity contribution in [1.29, 1.82) is 0 Å². The minimum absolute atomic E-state index is 0.796. The van der Waals surface area contributed by atoms with Crippen LogP contribution in [0.3, 0.4) is 0 Å². The van der Waals surface area contributed by atoms with Crippen LogP contribution in [0, 0.1) is 0 Å². The smallest absolute Gasteiger partial charge is 0.00981 e. The highest BCUT2D eigenvalue weighted by atomic mass is 79.9. The Morgan fingerprint density at radius 2 is 2.14 bits per heavy atom. The first-order chi connectivity index (χ1) is 6.79. The van der Waals surface area contributed by atoms with Crippen LogP contribution < -0.4 is 0 Å². The van der Waals surface area contributed by atoms with E-state index in [1.165, 1.54) is 45.1 Å². The summed E-state index contributed by atoms with van der Waals surface area (Å²) in [6.07, 6.45) is 8.31. The Balaban J connectivity index is 2.34. The van der Waals surface area contributed by atoms with Gasteiger partial charge in [0.2, 0.25) is 0 Å². The lowest BCUT2D eigenvalue weighted by Crippen LogP contribution is -2.46. The SMILES string of the molecule is CCCC(C)N(CCCBr)C1CCC1. The monoisotopic (exact) mass is 261 g/mol. The molecule has 1 fully saturated rings. The molecule has 2 heteroatoms. The normalized spacial score (nSPS) is 19.7. The first kappa shape index (κ1) is 12.5. The second kappa shape index (κ2) is 6.84. The highest BCUT2D eigenvalue weighted by Gasteiger charge is 2.27. The maximum Gasteiger partial charge on any atom is 0.00981 e. The molecule has 1 aliphatic carbocycles. The van der Waals surface area contributed by atoms with Crippen molar-refractivity contribution >= 4 is 15.9 Å². The van der Waals surface area contributed by atoms with Crippen LogP contribution in [-0.4, -0.2) is 28.9 Å². The minimum Gasteiger partial charge on any atom is -0.298 e. The number of hydrogen-bond acceptors (Lipinski definition) is 1. The lowest BCUT2D eigenvalue weighted by molar-refractivity contribution is 0.0827. The van der Waals surface area contributed by atoms with Crippen molar-refractivity contribution in [2.75, 3.05) is 11.9 Å². The molecule has 0 N–H and O–H groups in total. The van der Waals surface area contributed by atoms with Crippen LogP contribution in [0.4, 0.5) is 0 Å². The maximum atomic E-state index is 3.53. The van der Waals surface area contributed by atoms with Crippen molar-refractivity contribution in [1.82, 2.24) is 4.90 Å². The van der Waals surface area contributed by atoms with Crippen LogP contribution >= 0.6 is 15.9 Å². The maximum absolute atomic E-state index is 3.53. The van der Waals surface area contributed by atoms with Gasteiger partial charge in [0.25, 0.3) is 0 Å². The summed E-state index contributed by atoms with van der Waals surface area (Å²) >= 11 is 3.53. The van der Waals surface area contributed by atoms with E-state index in [0.29, 0.717) is 0 Å². The number of hydrogen-bond donors (Lipinski definition) is 0. The second-order valence-electron chi connectivity index (χ2n) is 4.50. The van der Waals surface area contributed by atoms with Crippen LogP contribution in [0.25, 0.3) is 0 Å². The van der Waals surface area contributed by atoms with Gasteiger partial charge in [-0.2, -0.15) is 0 Å². The molecule has 0 aliphatic heterocycles. The summed E-state index contributed by atoms with van der Waals surface area (Å²) in [5, 5.41) is 1.15. The summed E-state index contributed by atoms with van der Waals surface area (Å²) in [6.45, 7) is 5.98. The molecule has 1 atom stereocenters. The van der Waals surface area contributed by atoms with Gasteiger partial charge in [-0.1, -0.05) is 35.7 Å². The second-order valence-corrected chi connectivity index (χ2v) is 5.30. The molecule has 84 valence electrons. The fourth-order valence-electron chi connectivity index (χ4n) is 2.31. The van der Waals surface area contributed by atoms with Crippen molar-refractivity contribution in [3.8, 4) is 0 Å². The van der Waals surface area contributed by atoms with Crippen LogP contribution in [0.15, 0.2) is 0 Å². The molecular formula is C12H24BrN. The zero-order valence-corrected chi connectivity index (χ0v) is 11.2. The van der Waals surface area contributed by atoms with Gasteiger partial charge < -0.3 is 0 Å². The summed E-state index contributed by atoms with van der Waals surface area (Å²) in [4.78, 5) is 2.74. The third-order valence-electron chi connectivity index (χ3n) is 3.37. The number of halogens is 1. The Bertz CT molecular complexity index is 145. The first-order valence-corrected chi connectivity index (χ1v) is 7.23. The van der Waals surface area contributed by atoms with Crippen molar-refractivity contribution < 1.29 is 0 Å². The van der Waals surface area contributed by atoms with Crippen LogP contribution in [-0.2, 0) is 0 Å². The highest BCUT2D eigenvalue weighted by molar-refractivity contribution is 9.09. The quantitative estimate of drug-likeness (QED) is 0.630. The van der Waals surface area contributed by atoms with Gasteiger partial charge in [-0.25, -0.2) is 0 Å². The highest BCUT2D eigenvalue weighted by Crippen LogP contribution is 2.27. The fourth-order valence-corrected chi connectivity index (χ4v) is 2.56. The van der Waals surface area contributed by atoms with Crippen molar-refractivity contribution in [3.05, 3.63) is 0 Å². The van der Waals surface area contributed by atoms with E-state index >= 15 is 0 Å². The van der Waals surface area contributed by atoms with E-state index in [1.54, 1.807) is 0 Å². The van der Waals surface area contributed by atoms with Gasteiger partial charge >= 0.3 is 0 Å². The van der Waals surface area contributed by atoms with E-state index in [-0.39, 0.29) is 0 Å². The van der Waals surface area contributed by atoms with Gasteiger partial charge in [0.15, 0.2) is 0 Å². The lowest BCUT2D eigenvalue weighted by Gasteiger charge is -2.41. The average Bonchev–Trinajstić information content (AvgIpc) is 2.09. The first-order valence-electron chi connectivity index (χ1n) is 6.11. The van der Waals surface area contributed by atoms with Crippen LogP contribution in [0.1, 0.15) is 52.4 Å². The van der Waals surface area contributed by atoms with E-state index in [4.69, 9.17) is 0 Å². The van der Waals surface area contributed by atoms with E-state index in [2.05, 4.69) is 34.7 Å². The van der Waals surface area contributed by atoms with E-state index in [9.17, 15) is 0 Å². The van der Waals surface area contributed by atoms with Gasteiger partial charge in [-0.15, -0.1) is 0 Å². The van der Waals surface area contributed by atoms with Gasteiger partial charge in [-0.3, -0.25) is 4.90 Å². The molecule has 14 heavy (non-hydrogen) atoms. The topological polar surface area (TPSA) is 3.24 Å². The summed E-state index contributed by atoms with van der Waals surface area (Å²) in [6, 6.07) is 1.71. The van der Waals surface area contributed by atoms with E-state index in [1.807, 2.05) is 0 Å². The summed E-state index contributed by atoms with van der Waals surface area (Å²) in [5.74, 6) is 0. The summed E-state index contributed by atoms with van der Waals surface area (Å²) in [7, 11) is 0. The molecule has 0 amide bonds. The molecule has 1 aliphatic rings. The van der Waals surface area contributed by atoms with Crippen molar-refractivity contribution in [3.63, 3.8) is 0 Å². The van der Waals surface area contributed by atoms with Crippen LogP contribution in [0.2, 0.25) is 0 Å². The predicted octanol–water partition coefficient (Wildman–Crippen LogP) is 3.81. The Morgan fingerprint density at radius 3 is 2.57 bits per heavy atom. The Morgan fingerprint density at radius 1 is 1.43 bits per heavy atom. The summed E-state index contributed by atoms with van der Waals surface area (Å²) < 4.78 is 0. The molecular weight excluding hydrogens is 238 g/mol. The Labute approximate surface area is 97.4 Å². The predicted molar refractivity (Wildman–Crippen MR) is 67.1 cm³/mol. The van der Waals surface area contributed by atoms with Gasteiger partial charge in [0.1, 0.15) is 0 Å². The zero-order valence-electron chi connectivity index (χ0n) is 9.64. The third-order valence-corrected chi connectivity index (χ3v) is 3.93. The average molecular weight is 262 g/mol. The Kier molecular flexibility index (Phi) is 6.11. The molecule has 1 rings (SSSR count). The minimum atomic E-state index is 0.796. The molecule has 0 aromatic rings. The number of alkyl halides is 1. The molecule has 0 bridgehead atoms. The standard InChI is InChI=1S/C12H24BrN/c1-3-6-11(2)14(10-5-9-13)12-7-4-8-12/h11-12H,3-10H2,1-2H3. The van der Waals surface area contributed by atoms with Gasteiger partial charge in [0.05, 0.1) is 0 Å². The molecule has 0 saturated heterocycles. The largest absolute Gasteiger partial charge is 0.298 e. The van der Waals surface area contributed by atoms with Crippen LogP contribution in [0.5, 0.6) is 0 Å². The van der Waals surface area contributed by atoms with Gasteiger partial charge in [0, 0.05) is 17.4 Å². The molecule has 1 nitrogen and oxygen atoms in total. The molecule has 0 heterocycles. The number of nitrogens with zero attached hydrogens (tertiary/aromatic N) is 1. The summed E-state index contributed by atoms with van der Waals surface area (Å²) in [5.41, 5.74) is 0. The Hall–Kier alpha value is 0.440. The molecule has 0 spiro atoms. The zero-order chi connectivity index (χ0) is 10.4. The molecule has 0 aromatic heterocycles. The molecule has 0 aromatic carbocycles. The number of rotatable bonds is 7. The molecule has 1 saturated carbocycles. The van der Waals surface area contributed by atoms with E-state index < -0.39 is 0 Å². The molecule has 0 radical (unpaired) electrons.